The number of hydrogen-bond acceptors (Lipinski definition) is 3. The summed E-state index contributed by atoms with van der Waals surface area (Å²) in [6, 6.07) is 5.16. The molecule has 104 valence electrons. The number of imidazole rings is 1. The quantitative estimate of drug-likeness (QED) is 0.518. The molecule has 0 spiro atoms. The van der Waals surface area contributed by atoms with E-state index in [1.807, 2.05) is 13.0 Å². The molecule has 0 saturated carbocycles. The van der Waals surface area contributed by atoms with Crippen LogP contribution in [0.15, 0.2) is 30.6 Å². The van der Waals surface area contributed by atoms with E-state index < -0.39 is 17.1 Å². The number of nitrogens with zero attached hydrogens (tertiary/aromatic N) is 1. The number of alkyl halides is 1. The molecule has 0 radical (unpaired) electrons. The Kier molecular flexibility index (Phi) is 4.42. The summed E-state index contributed by atoms with van der Waals surface area (Å²) in [5, 5.41) is 1.52. The number of aryl methyl sites for hydroxylation is 1. The summed E-state index contributed by atoms with van der Waals surface area (Å²) >= 11 is 11.8. The number of aromatic amines is 1. The lowest BCUT2D eigenvalue weighted by atomic mass is 10.2. The predicted octanol–water partition coefficient (Wildman–Crippen LogP) is 2.80. The SMILES string of the molecule is Cc1ccc(Cl)c(NC(=O)C(Cl)C(=O)c2ncc[nH]2)c1. The maximum atomic E-state index is 11.9. The number of Topliss-reactive ketones (excluding diaryl/α,β-unsaturated/α-hetero) is 1. The fourth-order valence-electron chi connectivity index (χ4n) is 1.57. The molecule has 0 aliphatic heterocycles. The van der Waals surface area contributed by atoms with Crippen molar-refractivity contribution >= 4 is 40.6 Å². The van der Waals surface area contributed by atoms with Crippen molar-refractivity contribution in [2.24, 2.45) is 0 Å². The number of nitrogens with one attached hydrogen (secondary N) is 2. The third-order valence-electron chi connectivity index (χ3n) is 2.57. The number of aromatic nitrogens is 2. The molecule has 0 bridgehead atoms. The molecule has 1 aromatic heterocycles. The monoisotopic (exact) mass is 311 g/mol. The molecule has 0 aliphatic carbocycles. The normalized spacial score (nSPS) is 11.9. The number of anilines is 1. The number of amides is 1. The van der Waals surface area contributed by atoms with Gasteiger partial charge in [0.1, 0.15) is 0 Å². The molecule has 1 heterocycles. The molecule has 0 saturated heterocycles. The zero-order valence-corrected chi connectivity index (χ0v) is 12.0. The van der Waals surface area contributed by atoms with Gasteiger partial charge in [0.2, 0.25) is 5.78 Å². The summed E-state index contributed by atoms with van der Waals surface area (Å²) in [5.41, 5.74) is 1.34. The fourth-order valence-corrected chi connectivity index (χ4v) is 1.89. The van der Waals surface area contributed by atoms with Gasteiger partial charge < -0.3 is 10.3 Å². The van der Waals surface area contributed by atoms with Crippen LogP contribution in [0.3, 0.4) is 0 Å². The molecule has 0 fully saturated rings. The van der Waals surface area contributed by atoms with Gasteiger partial charge in [0.15, 0.2) is 11.2 Å². The van der Waals surface area contributed by atoms with Crippen LogP contribution in [-0.2, 0) is 4.79 Å². The Morgan fingerprint density at radius 2 is 2.15 bits per heavy atom. The van der Waals surface area contributed by atoms with Gasteiger partial charge in [0.25, 0.3) is 5.91 Å². The summed E-state index contributed by atoms with van der Waals surface area (Å²) in [7, 11) is 0. The number of benzene rings is 1. The number of carbonyl (C=O) groups excluding carboxylic acids is 2. The Bertz CT molecular complexity index is 641. The molecular formula is C13H11Cl2N3O2. The van der Waals surface area contributed by atoms with Crippen LogP contribution in [0.1, 0.15) is 16.2 Å². The second-order valence-corrected chi connectivity index (χ2v) is 4.98. The van der Waals surface area contributed by atoms with Gasteiger partial charge in [-0.15, -0.1) is 11.6 Å². The standard InChI is InChI=1S/C13H11Cl2N3O2/c1-7-2-3-8(14)9(6-7)18-13(20)10(15)11(19)12-16-4-5-17-12/h2-6,10H,1H3,(H,16,17)(H,18,20). The first-order valence-corrected chi connectivity index (χ1v) is 6.55. The first-order chi connectivity index (χ1) is 9.49. The maximum absolute atomic E-state index is 11.9. The lowest BCUT2D eigenvalue weighted by Gasteiger charge is -2.10. The molecule has 0 aliphatic rings. The van der Waals surface area contributed by atoms with Crippen LogP contribution in [-0.4, -0.2) is 27.0 Å². The van der Waals surface area contributed by atoms with E-state index in [9.17, 15) is 9.59 Å². The van der Waals surface area contributed by atoms with Crippen molar-refractivity contribution in [1.29, 1.82) is 0 Å². The van der Waals surface area contributed by atoms with E-state index in [0.717, 1.165) is 5.56 Å². The van der Waals surface area contributed by atoms with Gasteiger partial charge >= 0.3 is 0 Å². The first-order valence-electron chi connectivity index (χ1n) is 5.73. The second-order valence-electron chi connectivity index (χ2n) is 4.14. The number of halogens is 2. The molecular weight excluding hydrogens is 301 g/mol. The largest absolute Gasteiger partial charge is 0.342 e. The number of hydrogen-bond donors (Lipinski definition) is 2. The lowest BCUT2D eigenvalue weighted by Crippen LogP contribution is -2.31. The van der Waals surface area contributed by atoms with Gasteiger partial charge in [-0.1, -0.05) is 17.7 Å². The average molecular weight is 312 g/mol. The van der Waals surface area contributed by atoms with Gasteiger partial charge in [-0.25, -0.2) is 4.98 Å². The number of H-pyrrole nitrogens is 1. The van der Waals surface area contributed by atoms with Crippen molar-refractivity contribution in [1.82, 2.24) is 9.97 Å². The van der Waals surface area contributed by atoms with E-state index in [4.69, 9.17) is 23.2 Å². The Balaban J connectivity index is 2.12. The third kappa shape index (κ3) is 3.18. The molecule has 2 aromatic rings. The lowest BCUT2D eigenvalue weighted by molar-refractivity contribution is -0.115. The van der Waals surface area contributed by atoms with Crippen LogP contribution in [0.5, 0.6) is 0 Å². The molecule has 20 heavy (non-hydrogen) atoms. The van der Waals surface area contributed by atoms with Gasteiger partial charge in [-0.2, -0.15) is 0 Å². The minimum Gasteiger partial charge on any atom is -0.342 e. The van der Waals surface area contributed by atoms with Gasteiger partial charge in [-0.05, 0) is 24.6 Å². The maximum Gasteiger partial charge on any atom is 0.250 e. The molecule has 5 nitrogen and oxygen atoms in total. The molecule has 1 amide bonds. The van der Waals surface area contributed by atoms with Crippen LogP contribution in [0.4, 0.5) is 5.69 Å². The van der Waals surface area contributed by atoms with E-state index in [1.54, 1.807) is 12.1 Å². The minimum absolute atomic E-state index is 0.0375. The van der Waals surface area contributed by atoms with Crippen molar-refractivity contribution < 1.29 is 9.59 Å². The third-order valence-corrected chi connectivity index (χ3v) is 3.30. The fraction of sp³-hybridized carbons (Fsp3) is 0.154. The van der Waals surface area contributed by atoms with E-state index in [-0.39, 0.29) is 5.82 Å². The Hall–Kier alpha value is -1.85. The zero-order valence-electron chi connectivity index (χ0n) is 10.5. The van der Waals surface area contributed by atoms with Crippen LogP contribution in [0, 0.1) is 6.92 Å². The van der Waals surface area contributed by atoms with Crippen molar-refractivity contribution in [3.63, 3.8) is 0 Å². The zero-order chi connectivity index (χ0) is 14.7. The van der Waals surface area contributed by atoms with Crippen LogP contribution in [0.25, 0.3) is 0 Å². The predicted molar refractivity (Wildman–Crippen MR) is 77.4 cm³/mol. The molecule has 1 aromatic carbocycles. The number of rotatable bonds is 4. The van der Waals surface area contributed by atoms with Gasteiger partial charge in [0, 0.05) is 12.4 Å². The van der Waals surface area contributed by atoms with Crippen molar-refractivity contribution in [3.05, 3.63) is 47.0 Å². The highest BCUT2D eigenvalue weighted by Crippen LogP contribution is 2.23. The van der Waals surface area contributed by atoms with Crippen LogP contribution >= 0.6 is 23.2 Å². The molecule has 1 unspecified atom stereocenters. The van der Waals surface area contributed by atoms with Gasteiger partial charge in [-0.3, -0.25) is 9.59 Å². The second kappa shape index (κ2) is 6.07. The van der Waals surface area contributed by atoms with E-state index in [2.05, 4.69) is 15.3 Å². The number of carbonyl (C=O) groups is 2. The van der Waals surface area contributed by atoms with Crippen molar-refractivity contribution in [2.45, 2.75) is 12.3 Å². The Labute approximate surface area is 125 Å². The summed E-state index contributed by atoms with van der Waals surface area (Å²) < 4.78 is 0. The number of ketones is 1. The summed E-state index contributed by atoms with van der Waals surface area (Å²) in [6.45, 7) is 1.86. The van der Waals surface area contributed by atoms with Crippen molar-refractivity contribution in [2.75, 3.05) is 5.32 Å². The molecule has 2 N–H and O–H groups in total. The highest BCUT2D eigenvalue weighted by atomic mass is 35.5. The average Bonchev–Trinajstić information content (AvgIpc) is 2.95. The Morgan fingerprint density at radius 3 is 2.80 bits per heavy atom. The van der Waals surface area contributed by atoms with E-state index in [1.165, 1.54) is 12.4 Å². The Morgan fingerprint density at radius 1 is 1.40 bits per heavy atom. The summed E-state index contributed by atoms with van der Waals surface area (Å²) in [4.78, 5) is 30.2. The van der Waals surface area contributed by atoms with E-state index >= 15 is 0 Å². The molecule has 2 rings (SSSR count). The smallest absolute Gasteiger partial charge is 0.250 e. The van der Waals surface area contributed by atoms with Gasteiger partial charge in [0.05, 0.1) is 10.7 Å². The van der Waals surface area contributed by atoms with Crippen molar-refractivity contribution in [3.8, 4) is 0 Å². The summed E-state index contributed by atoms with van der Waals surface area (Å²) in [6.07, 6.45) is 2.89. The molecule has 7 heteroatoms. The highest BCUT2D eigenvalue weighted by Gasteiger charge is 2.27. The van der Waals surface area contributed by atoms with Crippen LogP contribution in [0.2, 0.25) is 5.02 Å². The van der Waals surface area contributed by atoms with Crippen LogP contribution < -0.4 is 5.32 Å². The minimum atomic E-state index is -1.38. The highest BCUT2D eigenvalue weighted by molar-refractivity contribution is 6.45. The topological polar surface area (TPSA) is 74.8 Å². The first kappa shape index (κ1) is 14.6. The summed E-state index contributed by atoms with van der Waals surface area (Å²) in [5.74, 6) is -1.21. The molecule has 1 atom stereocenters. The van der Waals surface area contributed by atoms with E-state index in [0.29, 0.717) is 10.7 Å².